The Kier molecular flexibility index (Phi) is 5.59. The molecule has 0 heterocycles. The van der Waals surface area contributed by atoms with Crippen molar-refractivity contribution in [2.75, 3.05) is 18.6 Å². The van der Waals surface area contributed by atoms with Gasteiger partial charge in [-0.3, -0.25) is 0 Å². The van der Waals surface area contributed by atoms with E-state index in [4.69, 9.17) is 0 Å². The maximum Gasteiger partial charge on any atom is 0.416 e. The van der Waals surface area contributed by atoms with Crippen LogP contribution in [0.5, 0.6) is 0 Å². The average molecular weight is 309 g/mol. The van der Waals surface area contributed by atoms with E-state index >= 15 is 0 Å². The minimum atomic E-state index is -4.33. The van der Waals surface area contributed by atoms with Crippen LogP contribution in [0.1, 0.15) is 30.5 Å². The molecule has 0 amide bonds. The summed E-state index contributed by atoms with van der Waals surface area (Å²) in [6.07, 6.45) is -2.68. The molecule has 1 unspecified atom stereocenters. The Morgan fingerprint density at radius 1 is 1.20 bits per heavy atom. The average Bonchev–Trinajstić information content (AvgIpc) is 2.32. The number of nitrogens with one attached hydrogen (secondary N) is 1. The van der Waals surface area contributed by atoms with Gasteiger partial charge in [0.15, 0.2) is 0 Å². The SMILES string of the molecule is CC(NCCCS(C)(=O)=O)c1ccc(C(F)(F)F)cc1. The highest BCUT2D eigenvalue weighted by molar-refractivity contribution is 7.90. The van der Waals surface area contributed by atoms with E-state index in [1.165, 1.54) is 18.4 Å². The van der Waals surface area contributed by atoms with Crippen molar-refractivity contribution in [3.05, 3.63) is 35.4 Å². The van der Waals surface area contributed by atoms with Crippen molar-refractivity contribution in [2.24, 2.45) is 0 Å². The quantitative estimate of drug-likeness (QED) is 0.822. The summed E-state index contributed by atoms with van der Waals surface area (Å²) in [6.45, 7) is 2.32. The lowest BCUT2D eigenvalue weighted by Gasteiger charge is -2.15. The molecule has 7 heteroatoms. The number of alkyl halides is 3. The molecule has 0 fully saturated rings. The third kappa shape index (κ3) is 5.92. The first-order valence-corrected chi connectivity index (χ1v) is 8.24. The van der Waals surface area contributed by atoms with Gasteiger partial charge in [0, 0.05) is 12.3 Å². The molecule has 114 valence electrons. The molecule has 1 N–H and O–H groups in total. The molecular formula is C13H18F3NO2S. The van der Waals surface area contributed by atoms with E-state index < -0.39 is 21.6 Å². The molecule has 0 saturated heterocycles. The largest absolute Gasteiger partial charge is 0.416 e. The molecule has 0 saturated carbocycles. The molecule has 0 bridgehead atoms. The van der Waals surface area contributed by atoms with E-state index in [1.807, 2.05) is 6.92 Å². The second-order valence-electron chi connectivity index (χ2n) is 4.78. The van der Waals surface area contributed by atoms with Crippen LogP contribution in [0.15, 0.2) is 24.3 Å². The highest BCUT2D eigenvalue weighted by Gasteiger charge is 2.30. The van der Waals surface area contributed by atoms with Crippen LogP contribution in [0.3, 0.4) is 0 Å². The summed E-state index contributed by atoms with van der Waals surface area (Å²) < 4.78 is 59.1. The van der Waals surface area contributed by atoms with Crippen LogP contribution >= 0.6 is 0 Å². The second-order valence-corrected chi connectivity index (χ2v) is 7.04. The Hall–Kier alpha value is -1.08. The van der Waals surface area contributed by atoms with Gasteiger partial charge in [0.1, 0.15) is 9.84 Å². The zero-order valence-corrected chi connectivity index (χ0v) is 12.2. The molecule has 1 aromatic rings. The van der Waals surface area contributed by atoms with E-state index in [1.54, 1.807) is 0 Å². The summed E-state index contributed by atoms with van der Waals surface area (Å²) in [4.78, 5) is 0. The minimum Gasteiger partial charge on any atom is -0.310 e. The number of rotatable bonds is 6. The summed E-state index contributed by atoms with van der Waals surface area (Å²) in [5.74, 6) is 0.0970. The Morgan fingerprint density at radius 3 is 2.20 bits per heavy atom. The molecule has 0 aliphatic rings. The Labute approximate surface area is 117 Å². The van der Waals surface area contributed by atoms with Gasteiger partial charge in [0.05, 0.1) is 11.3 Å². The predicted molar refractivity (Wildman–Crippen MR) is 72.2 cm³/mol. The molecule has 0 spiro atoms. The first-order chi connectivity index (χ1) is 9.09. The highest BCUT2D eigenvalue weighted by Crippen LogP contribution is 2.29. The van der Waals surface area contributed by atoms with Crippen molar-refractivity contribution in [1.29, 1.82) is 0 Å². The van der Waals surface area contributed by atoms with E-state index in [0.717, 1.165) is 17.7 Å². The van der Waals surface area contributed by atoms with Crippen molar-refractivity contribution in [3.8, 4) is 0 Å². The van der Waals surface area contributed by atoms with Crippen molar-refractivity contribution in [1.82, 2.24) is 5.32 Å². The van der Waals surface area contributed by atoms with Crippen molar-refractivity contribution in [3.63, 3.8) is 0 Å². The standard InChI is InChI=1S/C13H18F3NO2S/c1-10(17-8-3-9-20(2,18)19)11-4-6-12(7-5-11)13(14,15)16/h4-7,10,17H,3,8-9H2,1-2H3. The third-order valence-corrected chi connectivity index (χ3v) is 3.91. The van der Waals surface area contributed by atoms with Gasteiger partial charge in [-0.2, -0.15) is 13.2 Å². The fourth-order valence-corrected chi connectivity index (χ4v) is 2.40. The van der Waals surface area contributed by atoms with Crippen molar-refractivity contribution >= 4 is 9.84 Å². The number of sulfone groups is 1. The van der Waals surface area contributed by atoms with E-state index in [-0.39, 0.29) is 11.8 Å². The Morgan fingerprint density at radius 2 is 1.75 bits per heavy atom. The van der Waals surface area contributed by atoms with Crippen LogP contribution in [0.25, 0.3) is 0 Å². The van der Waals surface area contributed by atoms with E-state index in [2.05, 4.69) is 5.32 Å². The summed E-state index contributed by atoms with van der Waals surface area (Å²) in [5.41, 5.74) is 0.0582. The van der Waals surface area contributed by atoms with Gasteiger partial charge in [-0.15, -0.1) is 0 Å². The number of benzene rings is 1. The van der Waals surface area contributed by atoms with Gasteiger partial charge in [-0.25, -0.2) is 8.42 Å². The van der Waals surface area contributed by atoms with Gasteiger partial charge in [0.25, 0.3) is 0 Å². The smallest absolute Gasteiger partial charge is 0.310 e. The maximum absolute atomic E-state index is 12.4. The van der Waals surface area contributed by atoms with Crippen LogP contribution in [0, 0.1) is 0 Å². The maximum atomic E-state index is 12.4. The van der Waals surface area contributed by atoms with E-state index in [9.17, 15) is 21.6 Å². The molecule has 0 aliphatic carbocycles. The third-order valence-electron chi connectivity index (χ3n) is 2.88. The van der Waals surface area contributed by atoms with Gasteiger partial charge in [-0.05, 0) is 37.6 Å². The molecule has 1 rings (SSSR count). The molecule has 0 aromatic heterocycles. The van der Waals surface area contributed by atoms with Gasteiger partial charge >= 0.3 is 6.18 Å². The van der Waals surface area contributed by atoms with Crippen LogP contribution in [0.4, 0.5) is 13.2 Å². The van der Waals surface area contributed by atoms with Crippen LogP contribution < -0.4 is 5.32 Å². The van der Waals surface area contributed by atoms with Crippen molar-refractivity contribution < 1.29 is 21.6 Å². The lowest BCUT2D eigenvalue weighted by atomic mass is 10.1. The van der Waals surface area contributed by atoms with Gasteiger partial charge < -0.3 is 5.32 Å². The molecule has 0 aliphatic heterocycles. The summed E-state index contributed by atoms with van der Waals surface area (Å²) in [6, 6.07) is 4.82. The Balaban J connectivity index is 2.50. The normalized spacial score (nSPS) is 14.2. The minimum absolute atomic E-state index is 0.0970. The fraction of sp³-hybridized carbons (Fsp3) is 0.538. The molecule has 1 aromatic carbocycles. The van der Waals surface area contributed by atoms with Crippen molar-refractivity contribution in [2.45, 2.75) is 25.6 Å². The number of halogens is 3. The summed E-state index contributed by atoms with van der Waals surface area (Å²) in [5, 5.41) is 3.08. The summed E-state index contributed by atoms with van der Waals surface area (Å²) in [7, 11) is -2.97. The van der Waals surface area contributed by atoms with Crippen LogP contribution in [0.2, 0.25) is 0 Å². The second kappa shape index (κ2) is 6.58. The number of hydrogen-bond donors (Lipinski definition) is 1. The fourth-order valence-electron chi connectivity index (χ4n) is 1.73. The van der Waals surface area contributed by atoms with Gasteiger partial charge in [-0.1, -0.05) is 12.1 Å². The molecular weight excluding hydrogens is 291 g/mol. The van der Waals surface area contributed by atoms with Gasteiger partial charge in [0.2, 0.25) is 0 Å². The molecule has 3 nitrogen and oxygen atoms in total. The monoisotopic (exact) mass is 309 g/mol. The topological polar surface area (TPSA) is 46.2 Å². The zero-order chi connectivity index (χ0) is 15.4. The van der Waals surface area contributed by atoms with Crippen LogP contribution in [-0.2, 0) is 16.0 Å². The predicted octanol–water partition coefficient (Wildman–Crippen LogP) is 2.79. The molecule has 0 radical (unpaired) electrons. The number of hydrogen-bond acceptors (Lipinski definition) is 3. The zero-order valence-electron chi connectivity index (χ0n) is 11.4. The first-order valence-electron chi connectivity index (χ1n) is 6.18. The van der Waals surface area contributed by atoms with Crippen LogP contribution in [-0.4, -0.2) is 27.0 Å². The molecule has 20 heavy (non-hydrogen) atoms. The highest BCUT2D eigenvalue weighted by atomic mass is 32.2. The lowest BCUT2D eigenvalue weighted by molar-refractivity contribution is -0.137. The summed E-state index contributed by atoms with van der Waals surface area (Å²) >= 11 is 0. The van der Waals surface area contributed by atoms with E-state index in [0.29, 0.717) is 13.0 Å². The molecule has 1 atom stereocenters. The Bertz CT molecular complexity index is 524. The first kappa shape index (κ1) is 17.0. The lowest BCUT2D eigenvalue weighted by Crippen LogP contribution is -2.22.